The van der Waals surface area contributed by atoms with Crippen LogP contribution in [-0.2, 0) is 11.3 Å². The molecular formula is C14H18ClNO2S. The van der Waals surface area contributed by atoms with Crippen LogP contribution in [0.15, 0.2) is 28.0 Å². The zero-order valence-electron chi connectivity index (χ0n) is 11.1. The SMILES string of the molecule is CCCNC(c1ccc(COC)o1)c1sccc1Cl. The van der Waals surface area contributed by atoms with E-state index in [4.69, 9.17) is 20.8 Å². The summed E-state index contributed by atoms with van der Waals surface area (Å²) in [5.41, 5.74) is 0. The van der Waals surface area contributed by atoms with Gasteiger partial charge in [-0.1, -0.05) is 18.5 Å². The first kappa shape index (κ1) is 14.6. The lowest BCUT2D eigenvalue weighted by molar-refractivity contribution is 0.162. The lowest BCUT2D eigenvalue weighted by Gasteiger charge is -2.15. The van der Waals surface area contributed by atoms with Crippen LogP contribution in [0.2, 0.25) is 5.02 Å². The highest BCUT2D eigenvalue weighted by molar-refractivity contribution is 7.10. The third kappa shape index (κ3) is 3.60. The highest BCUT2D eigenvalue weighted by Crippen LogP contribution is 2.33. The van der Waals surface area contributed by atoms with Crippen molar-refractivity contribution in [1.82, 2.24) is 5.32 Å². The Balaban J connectivity index is 2.23. The monoisotopic (exact) mass is 299 g/mol. The summed E-state index contributed by atoms with van der Waals surface area (Å²) in [5, 5.41) is 6.25. The van der Waals surface area contributed by atoms with Gasteiger partial charge in [-0.25, -0.2) is 0 Å². The summed E-state index contributed by atoms with van der Waals surface area (Å²) in [7, 11) is 1.66. The molecule has 2 aromatic heterocycles. The van der Waals surface area contributed by atoms with Crippen molar-refractivity contribution >= 4 is 22.9 Å². The topological polar surface area (TPSA) is 34.4 Å². The molecule has 2 rings (SSSR count). The Hall–Kier alpha value is -0.810. The molecule has 0 fully saturated rings. The molecule has 2 heterocycles. The van der Waals surface area contributed by atoms with Gasteiger partial charge in [0.15, 0.2) is 0 Å². The fraction of sp³-hybridized carbons (Fsp3) is 0.429. The van der Waals surface area contributed by atoms with E-state index in [0.717, 1.165) is 34.4 Å². The maximum absolute atomic E-state index is 6.24. The van der Waals surface area contributed by atoms with Crippen molar-refractivity contribution in [2.24, 2.45) is 0 Å². The molecule has 0 radical (unpaired) electrons. The third-order valence-corrected chi connectivity index (χ3v) is 4.18. The Morgan fingerprint density at radius 2 is 2.26 bits per heavy atom. The van der Waals surface area contributed by atoms with Gasteiger partial charge in [-0.05, 0) is 36.5 Å². The van der Waals surface area contributed by atoms with Gasteiger partial charge in [0.1, 0.15) is 24.2 Å². The predicted molar refractivity (Wildman–Crippen MR) is 78.9 cm³/mol. The van der Waals surface area contributed by atoms with Crippen LogP contribution in [0.25, 0.3) is 0 Å². The smallest absolute Gasteiger partial charge is 0.129 e. The Kier molecular flexibility index (Phi) is 5.45. The van der Waals surface area contributed by atoms with Gasteiger partial charge in [-0.3, -0.25) is 0 Å². The van der Waals surface area contributed by atoms with E-state index in [9.17, 15) is 0 Å². The second-order valence-electron chi connectivity index (χ2n) is 4.26. The van der Waals surface area contributed by atoms with E-state index in [1.807, 2.05) is 23.6 Å². The Morgan fingerprint density at radius 1 is 1.42 bits per heavy atom. The van der Waals surface area contributed by atoms with Crippen molar-refractivity contribution in [3.8, 4) is 0 Å². The molecule has 0 bridgehead atoms. The first-order valence-corrected chi connectivity index (χ1v) is 7.55. The Labute approximate surface area is 122 Å². The van der Waals surface area contributed by atoms with Crippen LogP contribution < -0.4 is 5.32 Å². The molecule has 1 N–H and O–H groups in total. The molecule has 0 amide bonds. The number of rotatable bonds is 7. The Bertz CT molecular complexity index is 509. The summed E-state index contributed by atoms with van der Waals surface area (Å²) in [4.78, 5) is 1.09. The molecule has 19 heavy (non-hydrogen) atoms. The van der Waals surface area contributed by atoms with Gasteiger partial charge in [0.05, 0.1) is 5.02 Å². The van der Waals surface area contributed by atoms with Gasteiger partial charge < -0.3 is 14.5 Å². The zero-order valence-corrected chi connectivity index (χ0v) is 12.7. The maximum Gasteiger partial charge on any atom is 0.129 e. The molecule has 0 spiro atoms. The van der Waals surface area contributed by atoms with Crippen molar-refractivity contribution in [2.75, 3.05) is 13.7 Å². The number of nitrogens with one attached hydrogen (secondary N) is 1. The van der Waals surface area contributed by atoms with Crippen molar-refractivity contribution in [2.45, 2.75) is 26.0 Å². The number of hydrogen-bond donors (Lipinski definition) is 1. The van der Waals surface area contributed by atoms with E-state index < -0.39 is 0 Å². The molecule has 0 aliphatic heterocycles. The van der Waals surface area contributed by atoms with Gasteiger partial charge in [0, 0.05) is 12.0 Å². The Morgan fingerprint density at radius 3 is 2.89 bits per heavy atom. The standard InChI is InChI=1S/C14H18ClNO2S/c1-3-7-16-13(14-11(15)6-8-19-14)12-5-4-10(18-12)9-17-2/h4-6,8,13,16H,3,7,9H2,1-2H3. The molecule has 0 saturated carbocycles. The minimum Gasteiger partial charge on any atom is -0.462 e. The predicted octanol–water partition coefficient (Wildman–Crippen LogP) is 4.23. The van der Waals surface area contributed by atoms with Gasteiger partial charge in [0.2, 0.25) is 0 Å². The van der Waals surface area contributed by atoms with Crippen LogP contribution in [0.3, 0.4) is 0 Å². The van der Waals surface area contributed by atoms with Crippen molar-refractivity contribution in [3.63, 3.8) is 0 Å². The van der Waals surface area contributed by atoms with Crippen LogP contribution in [0.4, 0.5) is 0 Å². The van der Waals surface area contributed by atoms with Crippen LogP contribution in [0, 0.1) is 0 Å². The molecular weight excluding hydrogens is 282 g/mol. The number of methoxy groups -OCH3 is 1. The van der Waals surface area contributed by atoms with Crippen molar-refractivity contribution < 1.29 is 9.15 Å². The van der Waals surface area contributed by atoms with Crippen LogP contribution in [0.5, 0.6) is 0 Å². The largest absolute Gasteiger partial charge is 0.462 e. The number of ether oxygens (including phenoxy) is 1. The molecule has 0 aromatic carbocycles. The minimum atomic E-state index is 0.0121. The van der Waals surface area contributed by atoms with Crippen LogP contribution in [0.1, 0.15) is 35.8 Å². The van der Waals surface area contributed by atoms with E-state index in [0.29, 0.717) is 6.61 Å². The number of hydrogen-bond acceptors (Lipinski definition) is 4. The normalized spacial score (nSPS) is 12.8. The summed E-state index contributed by atoms with van der Waals surface area (Å²) in [6, 6.07) is 5.86. The summed E-state index contributed by atoms with van der Waals surface area (Å²) >= 11 is 7.88. The molecule has 1 unspecified atom stereocenters. The minimum absolute atomic E-state index is 0.0121. The average Bonchev–Trinajstić information content (AvgIpc) is 3.01. The molecule has 0 aliphatic rings. The van der Waals surface area contributed by atoms with Crippen molar-refractivity contribution in [3.05, 3.63) is 45.0 Å². The third-order valence-electron chi connectivity index (χ3n) is 2.76. The molecule has 104 valence electrons. The first-order valence-electron chi connectivity index (χ1n) is 6.30. The highest BCUT2D eigenvalue weighted by Gasteiger charge is 2.21. The fourth-order valence-corrected chi connectivity index (χ4v) is 3.14. The number of thiophene rings is 1. The molecule has 0 aliphatic carbocycles. The average molecular weight is 300 g/mol. The quantitative estimate of drug-likeness (QED) is 0.831. The summed E-state index contributed by atoms with van der Waals surface area (Å²) in [6.45, 7) is 3.54. The van der Waals surface area contributed by atoms with E-state index in [2.05, 4.69) is 12.2 Å². The molecule has 1 atom stereocenters. The molecule has 2 aromatic rings. The van der Waals surface area contributed by atoms with Crippen LogP contribution >= 0.6 is 22.9 Å². The first-order chi connectivity index (χ1) is 9.26. The lowest BCUT2D eigenvalue weighted by Crippen LogP contribution is -2.22. The fourth-order valence-electron chi connectivity index (χ4n) is 1.89. The van der Waals surface area contributed by atoms with Gasteiger partial charge >= 0.3 is 0 Å². The number of furan rings is 1. The highest BCUT2D eigenvalue weighted by atomic mass is 35.5. The lowest BCUT2D eigenvalue weighted by atomic mass is 10.2. The summed E-state index contributed by atoms with van der Waals surface area (Å²) in [5.74, 6) is 1.71. The zero-order chi connectivity index (χ0) is 13.7. The summed E-state index contributed by atoms with van der Waals surface area (Å²) < 4.78 is 10.9. The maximum atomic E-state index is 6.24. The van der Waals surface area contributed by atoms with E-state index in [-0.39, 0.29) is 6.04 Å². The van der Waals surface area contributed by atoms with Gasteiger partial charge in [0.25, 0.3) is 0 Å². The van der Waals surface area contributed by atoms with Gasteiger partial charge in [-0.2, -0.15) is 0 Å². The van der Waals surface area contributed by atoms with Crippen molar-refractivity contribution in [1.29, 1.82) is 0 Å². The van der Waals surface area contributed by atoms with Crippen LogP contribution in [-0.4, -0.2) is 13.7 Å². The van der Waals surface area contributed by atoms with Gasteiger partial charge in [-0.15, -0.1) is 11.3 Å². The van der Waals surface area contributed by atoms with E-state index in [1.54, 1.807) is 18.4 Å². The molecule has 0 saturated heterocycles. The molecule has 5 heteroatoms. The second-order valence-corrected chi connectivity index (χ2v) is 5.61. The van der Waals surface area contributed by atoms with E-state index in [1.165, 1.54) is 0 Å². The summed E-state index contributed by atoms with van der Waals surface area (Å²) in [6.07, 6.45) is 1.06. The van der Waals surface area contributed by atoms with E-state index >= 15 is 0 Å². The molecule has 3 nitrogen and oxygen atoms in total. The second kappa shape index (κ2) is 7.10. The number of halogens is 1.